The van der Waals surface area contributed by atoms with Gasteiger partial charge in [0.15, 0.2) is 6.61 Å². The standard InChI is InChI=1S/C11H18N2O3S.CH3NOS/c1-4-7-12(8-5-2)11(17)16-9-10(6-3)13(14)15;2-1(3)4/h4-5,10H,1-2,6-9H2,3H3;(H3,2,3,4). The van der Waals surface area contributed by atoms with Gasteiger partial charge in [0.05, 0.1) is 0 Å². The molecule has 7 nitrogen and oxygen atoms in total. The van der Waals surface area contributed by atoms with Crippen molar-refractivity contribution in [2.75, 3.05) is 19.7 Å². The van der Waals surface area contributed by atoms with Crippen LogP contribution in [0.5, 0.6) is 0 Å². The summed E-state index contributed by atoms with van der Waals surface area (Å²) < 4.78 is 5.24. The highest BCUT2D eigenvalue weighted by molar-refractivity contribution is 7.80. The highest BCUT2D eigenvalue weighted by atomic mass is 32.1. The summed E-state index contributed by atoms with van der Waals surface area (Å²) in [6.07, 6.45) is 3.78. The lowest BCUT2D eigenvalue weighted by Crippen LogP contribution is -2.35. The van der Waals surface area contributed by atoms with Gasteiger partial charge in [-0.05, 0) is 24.4 Å². The van der Waals surface area contributed by atoms with Crippen molar-refractivity contribution in [2.45, 2.75) is 19.4 Å². The van der Waals surface area contributed by atoms with E-state index in [1.807, 2.05) is 0 Å². The van der Waals surface area contributed by atoms with E-state index in [1.165, 1.54) is 0 Å². The largest absolute Gasteiger partial charge is 0.487 e. The minimum Gasteiger partial charge on any atom is -0.487 e. The molecule has 120 valence electrons. The summed E-state index contributed by atoms with van der Waals surface area (Å²) in [5.74, 6) is 0. The summed E-state index contributed by atoms with van der Waals surface area (Å²) in [6, 6.07) is -0.720. The Hall–Kier alpha value is -1.74. The average molecular weight is 335 g/mol. The Morgan fingerprint density at radius 3 is 2.19 bits per heavy atom. The van der Waals surface area contributed by atoms with Crippen LogP contribution < -0.4 is 5.73 Å². The molecule has 0 aromatic carbocycles. The lowest BCUT2D eigenvalue weighted by Gasteiger charge is -2.22. The van der Waals surface area contributed by atoms with Gasteiger partial charge in [0.2, 0.25) is 6.04 Å². The van der Waals surface area contributed by atoms with Crippen LogP contribution in [0.3, 0.4) is 0 Å². The fourth-order valence-corrected chi connectivity index (χ4v) is 1.34. The van der Waals surface area contributed by atoms with E-state index in [9.17, 15) is 10.1 Å². The number of aliphatic hydroxyl groups is 1. The molecular formula is C12H21N3O4S2. The van der Waals surface area contributed by atoms with Crippen molar-refractivity contribution in [3.8, 4) is 0 Å². The topological polar surface area (TPSA) is 102 Å². The van der Waals surface area contributed by atoms with Crippen molar-refractivity contribution in [3.63, 3.8) is 0 Å². The molecule has 0 rings (SSSR count). The molecule has 0 amide bonds. The highest BCUT2D eigenvalue weighted by Gasteiger charge is 2.19. The fourth-order valence-electron chi connectivity index (χ4n) is 1.12. The van der Waals surface area contributed by atoms with E-state index in [1.54, 1.807) is 24.0 Å². The van der Waals surface area contributed by atoms with E-state index in [2.05, 4.69) is 31.1 Å². The van der Waals surface area contributed by atoms with E-state index in [-0.39, 0.29) is 16.7 Å². The van der Waals surface area contributed by atoms with Gasteiger partial charge in [-0.15, -0.1) is 13.2 Å². The molecule has 0 heterocycles. The molecule has 1 atom stereocenters. The molecule has 0 aromatic rings. The molecule has 0 spiro atoms. The molecule has 9 heteroatoms. The smallest absolute Gasteiger partial charge is 0.260 e. The Balaban J connectivity index is 0. The van der Waals surface area contributed by atoms with Gasteiger partial charge < -0.3 is 20.5 Å². The van der Waals surface area contributed by atoms with Crippen molar-refractivity contribution >= 4 is 34.8 Å². The van der Waals surface area contributed by atoms with Crippen LogP contribution in [-0.2, 0) is 4.74 Å². The second-order valence-corrected chi connectivity index (χ2v) is 4.51. The number of hydrogen-bond donors (Lipinski definition) is 2. The molecule has 0 saturated carbocycles. The van der Waals surface area contributed by atoms with Crippen molar-refractivity contribution in [3.05, 3.63) is 35.4 Å². The number of rotatable bonds is 8. The van der Waals surface area contributed by atoms with E-state index >= 15 is 0 Å². The summed E-state index contributed by atoms with van der Waals surface area (Å²) in [5, 5.41) is 17.9. The molecule has 0 aromatic heterocycles. The van der Waals surface area contributed by atoms with Crippen LogP contribution in [0.1, 0.15) is 13.3 Å². The number of nitrogens with two attached hydrogens (primary N) is 1. The zero-order valence-electron chi connectivity index (χ0n) is 11.9. The van der Waals surface area contributed by atoms with Crippen molar-refractivity contribution in [2.24, 2.45) is 5.73 Å². The van der Waals surface area contributed by atoms with Gasteiger partial charge in [-0.2, -0.15) is 0 Å². The monoisotopic (exact) mass is 335 g/mol. The first kappa shape index (κ1) is 21.6. The Bertz CT molecular complexity index is 364. The summed E-state index contributed by atoms with van der Waals surface area (Å²) in [6.45, 7) is 10.0. The molecule has 0 saturated heterocycles. The number of thiocarbonyl (C=S) groups is 2. The van der Waals surface area contributed by atoms with E-state index in [4.69, 9.17) is 22.1 Å². The lowest BCUT2D eigenvalue weighted by atomic mass is 10.2. The van der Waals surface area contributed by atoms with Crippen molar-refractivity contribution in [1.82, 2.24) is 4.90 Å². The Kier molecular flexibility index (Phi) is 13.6. The van der Waals surface area contributed by atoms with E-state index in [0.29, 0.717) is 19.5 Å². The summed E-state index contributed by atoms with van der Waals surface area (Å²) >= 11 is 8.92. The highest BCUT2D eigenvalue weighted by Crippen LogP contribution is 2.01. The Morgan fingerprint density at radius 1 is 1.48 bits per heavy atom. The maximum Gasteiger partial charge on any atom is 0.260 e. The first-order chi connectivity index (χ1) is 9.79. The zero-order valence-corrected chi connectivity index (χ0v) is 13.6. The van der Waals surface area contributed by atoms with Crippen molar-refractivity contribution < 1.29 is 14.8 Å². The fraction of sp³-hybridized carbons (Fsp3) is 0.500. The molecular weight excluding hydrogens is 314 g/mol. The van der Waals surface area contributed by atoms with Gasteiger partial charge in [-0.3, -0.25) is 10.1 Å². The summed E-state index contributed by atoms with van der Waals surface area (Å²) in [4.78, 5) is 12.0. The van der Waals surface area contributed by atoms with Crippen LogP contribution >= 0.6 is 24.4 Å². The van der Waals surface area contributed by atoms with E-state index in [0.717, 1.165) is 0 Å². The number of hydrogen-bond acceptors (Lipinski definition) is 5. The molecule has 0 aliphatic carbocycles. The lowest BCUT2D eigenvalue weighted by molar-refractivity contribution is -0.525. The van der Waals surface area contributed by atoms with Gasteiger partial charge in [-0.1, -0.05) is 19.1 Å². The second-order valence-electron chi connectivity index (χ2n) is 3.74. The minimum atomic E-state index is -0.720. The zero-order chi connectivity index (χ0) is 16.8. The van der Waals surface area contributed by atoms with Gasteiger partial charge in [0.1, 0.15) is 0 Å². The first-order valence-electron chi connectivity index (χ1n) is 6.05. The molecule has 0 aliphatic heterocycles. The molecule has 0 bridgehead atoms. The first-order valence-corrected chi connectivity index (χ1v) is 6.87. The Labute approximate surface area is 135 Å². The number of aliphatic hydroxyl groups excluding tert-OH is 1. The van der Waals surface area contributed by atoms with Crippen LogP contribution in [0.25, 0.3) is 0 Å². The van der Waals surface area contributed by atoms with Crippen LogP contribution in [-0.4, -0.2) is 51.0 Å². The number of nitrogens with zero attached hydrogens (tertiary/aromatic N) is 2. The van der Waals surface area contributed by atoms with Crippen LogP contribution in [0, 0.1) is 10.1 Å². The number of ether oxygens (including phenoxy) is 1. The van der Waals surface area contributed by atoms with Gasteiger partial charge >= 0.3 is 0 Å². The van der Waals surface area contributed by atoms with E-state index < -0.39 is 11.2 Å². The molecule has 1 unspecified atom stereocenters. The van der Waals surface area contributed by atoms with Crippen LogP contribution in [0.4, 0.5) is 0 Å². The summed E-state index contributed by atoms with van der Waals surface area (Å²) in [7, 11) is 0. The maximum atomic E-state index is 10.6. The molecule has 3 N–H and O–H groups in total. The molecule has 0 aliphatic rings. The van der Waals surface area contributed by atoms with Gasteiger partial charge in [0, 0.05) is 24.4 Å². The minimum absolute atomic E-state index is 0.00683. The predicted molar refractivity (Wildman–Crippen MR) is 91.0 cm³/mol. The summed E-state index contributed by atoms with van der Waals surface area (Å²) in [5.41, 5.74) is 4.40. The second kappa shape index (κ2) is 13.3. The third kappa shape index (κ3) is 13.0. The maximum absolute atomic E-state index is 10.6. The molecule has 0 radical (unpaired) electrons. The third-order valence-electron chi connectivity index (χ3n) is 2.13. The van der Waals surface area contributed by atoms with Crippen LogP contribution in [0.15, 0.2) is 25.3 Å². The van der Waals surface area contributed by atoms with Crippen molar-refractivity contribution in [1.29, 1.82) is 0 Å². The third-order valence-corrected chi connectivity index (χ3v) is 2.50. The molecule has 21 heavy (non-hydrogen) atoms. The molecule has 0 fully saturated rings. The quantitative estimate of drug-likeness (QED) is 0.300. The SMILES string of the molecule is C=CCN(CC=C)C(=S)OCC(CC)[N+](=O)[O-].NC(O)=S. The number of nitro groups is 1. The van der Waals surface area contributed by atoms with Gasteiger partial charge in [-0.25, -0.2) is 0 Å². The Morgan fingerprint density at radius 2 is 1.90 bits per heavy atom. The normalized spacial score (nSPS) is 10.3. The van der Waals surface area contributed by atoms with Crippen LogP contribution in [0.2, 0.25) is 0 Å². The predicted octanol–water partition coefficient (Wildman–Crippen LogP) is 1.81. The van der Waals surface area contributed by atoms with Gasteiger partial charge in [0.25, 0.3) is 10.3 Å². The average Bonchev–Trinajstić information content (AvgIpc) is 2.38.